The van der Waals surface area contributed by atoms with E-state index in [1.165, 1.54) is 12.1 Å². The lowest BCUT2D eigenvalue weighted by molar-refractivity contribution is 0.376. The van der Waals surface area contributed by atoms with Crippen molar-refractivity contribution in [2.24, 2.45) is 5.92 Å². The Bertz CT molecular complexity index is 296. The summed E-state index contributed by atoms with van der Waals surface area (Å²) in [5.41, 5.74) is 2.27. The fraction of sp³-hybridized carbons (Fsp3) is 0.615. The lowest BCUT2D eigenvalue weighted by atomic mass is 9.95. The molecule has 2 unspecified atom stereocenters. The van der Waals surface area contributed by atoms with Crippen molar-refractivity contribution in [3.05, 3.63) is 29.6 Å². The number of nitrogens with one attached hydrogen (secondary N) is 1. The van der Waals surface area contributed by atoms with Gasteiger partial charge < -0.3 is 5.32 Å². The van der Waals surface area contributed by atoms with Gasteiger partial charge in [0.25, 0.3) is 0 Å². The normalized spacial score (nSPS) is 14.9. The van der Waals surface area contributed by atoms with E-state index in [-0.39, 0.29) is 0 Å². The second kappa shape index (κ2) is 5.86. The molecular weight excluding hydrogens is 184 g/mol. The molecule has 0 amide bonds. The third-order valence-corrected chi connectivity index (χ3v) is 2.87. The number of hydrogen-bond acceptors (Lipinski definition) is 2. The van der Waals surface area contributed by atoms with E-state index < -0.39 is 0 Å². The second-order valence-electron chi connectivity index (χ2n) is 4.12. The molecule has 0 fully saturated rings. The number of aryl methyl sites for hydroxylation is 1. The number of hydrogen-bond donors (Lipinski definition) is 1. The molecule has 15 heavy (non-hydrogen) atoms. The number of pyridine rings is 1. The molecule has 0 radical (unpaired) electrons. The van der Waals surface area contributed by atoms with Gasteiger partial charge >= 0.3 is 0 Å². The second-order valence-corrected chi connectivity index (χ2v) is 4.12. The molecule has 2 atom stereocenters. The SMILES string of the molecule is CCNC(c1cccc(C)n1)C(C)CC. The predicted octanol–water partition coefficient (Wildman–Crippen LogP) is 3.09. The van der Waals surface area contributed by atoms with Crippen LogP contribution in [0.3, 0.4) is 0 Å². The van der Waals surface area contributed by atoms with Gasteiger partial charge in [-0.1, -0.05) is 33.3 Å². The molecule has 0 saturated heterocycles. The Morgan fingerprint density at radius 1 is 1.33 bits per heavy atom. The van der Waals surface area contributed by atoms with Crippen molar-refractivity contribution >= 4 is 0 Å². The summed E-state index contributed by atoms with van der Waals surface area (Å²) in [6.07, 6.45) is 1.17. The van der Waals surface area contributed by atoms with E-state index >= 15 is 0 Å². The van der Waals surface area contributed by atoms with Gasteiger partial charge in [0.05, 0.1) is 11.7 Å². The summed E-state index contributed by atoms with van der Waals surface area (Å²) in [5, 5.41) is 3.51. The van der Waals surface area contributed by atoms with Gasteiger partial charge in [-0.05, 0) is 31.5 Å². The van der Waals surface area contributed by atoms with Gasteiger partial charge in [-0.3, -0.25) is 4.98 Å². The van der Waals surface area contributed by atoms with E-state index in [0.29, 0.717) is 12.0 Å². The molecule has 0 bridgehead atoms. The van der Waals surface area contributed by atoms with Crippen LogP contribution in [0.15, 0.2) is 18.2 Å². The van der Waals surface area contributed by atoms with Crippen molar-refractivity contribution in [1.82, 2.24) is 10.3 Å². The van der Waals surface area contributed by atoms with E-state index in [1.54, 1.807) is 0 Å². The first kappa shape index (κ1) is 12.2. The molecule has 1 rings (SSSR count). The molecule has 84 valence electrons. The zero-order valence-corrected chi connectivity index (χ0v) is 10.2. The maximum Gasteiger partial charge on any atom is 0.0579 e. The number of rotatable bonds is 5. The molecule has 0 aromatic carbocycles. The average molecular weight is 206 g/mol. The summed E-state index contributed by atoms with van der Waals surface area (Å²) in [4.78, 5) is 4.60. The summed E-state index contributed by atoms with van der Waals surface area (Å²) >= 11 is 0. The molecule has 0 saturated carbocycles. The van der Waals surface area contributed by atoms with Gasteiger partial charge in [0.1, 0.15) is 0 Å². The average Bonchev–Trinajstić information content (AvgIpc) is 2.25. The van der Waals surface area contributed by atoms with E-state index in [1.807, 2.05) is 13.0 Å². The van der Waals surface area contributed by atoms with Crippen LogP contribution < -0.4 is 5.32 Å². The van der Waals surface area contributed by atoms with E-state index in [0.717, 1.165) is 12.2 Å². The topological polar surface area (TPSA) is 24.9 Å². The molecule has 0 aliphatic rings. The van der Waals surface area contributed by atoms with Crippen LogP contribution in [0.25, 0.3) is 0 Å². The Hall–Kier alpha value is -0.890. The third kappa shape index (κ3) is 3.31. The van der Waals surface area contributed by atoms with Crippen molar-refractivity contribution in [3.8, 4) is 0 Å². The van der Waals surface area contributed by atoms with Gasteiger partial charge in [0, 0.05) is 5.69 Å². The molecular formula is C13H22N2. The molecule has 1 aromatic rings. The first-order valence-electron chi connectivity index (χ1n) is 5.86. The highest BCUT2D eigenvalue weighted by molar-refractivity contribution is 5.14. The molecule has 1 N–H and O–H groups in total. The Balaban J connectivity index is 2.88. The van der Waals surface area contributed by atoms with Crippen LogP contribution in [0, 0.1) is 12.8 Å². The molecule has 1 aromatic heterocycles. The minimum Gasteiger partial charge on any atom is -0.309 e. The van der Waals surface area contributed by atoms with Gasteiger partial charge in [0.2, 0.25) is 0 Å². The molecule has 1 heterocycles. The summed E-state index contributed by atoms with van der Waals surface area (Å²) in [6.45, 7) is 9.68. The van der Waals surface area contributed by atoms with Gasteiger partial charge in [-0.25, -0.2) is 0 Å². The van der Waals surface area contributed by atoms with E-state index in [2.05, 4.69) is 43.2 Å². The first-order chi connectivity index (χ1) is 7.19. The van der Waals surface area contributed by atoms with Crippen LogP contribution >= 0.6 is 0 Å². The maximum atomic E-state index is 4.60. The minimum atomic E-state index is 0.389. The van der Waals surface area contributed by atoms with Crippen LogP contribution in [-0.2, 0) is 0 Å². The van der Waals surface area contributed by atoms with E-state index in [9.17, 15) is 0 Å². The summed E-state index contributed by atoms with van der Waals surface area (Å²) < 4.78 is 0. The molecule has 0 aliphatic heterocycles. The molecule has 2 nitrogen and oxygen atoms in total. The number of nitrogens with zero attached hydrogens (tertiary/aromatic N) is 1. The van der Waals surface area contributed by atoms with Crippen LogP contribution in [-0.4, -0.2) is 11.5 Å². The summed E-state index contributed by atoms with van der Waals surface area (Å²) in [6, 6.07) is 6.64. The smallest absolute Gasteiger partial charge is 0.0579 e. The highest BCUT2D eigenvalue weighted by Crippen LogP contribution is 2.22. The minimum absolute atomic E-state index is 0.389. The predicted molar refractivity (Wildman–Crippen MR) is 64.8 cm³/mol. The first-order valence-corrected chi connectivity index (χ1v) is 5.86. The van der Waals surface area contributed by atoms with Crippen LogP contribution in [0.2, 0.25) is 0 Å². The van der Waals surface area contributed by atoms with Crippen molar-refractivity contribution in [1.29, 1.82) is 0 Å². The Labute approximate surface area is 93.1 Å². The standard InChI is InChI=1S/C13H22N2/c1-5-10(3)13(14-6-2)12-9-7-8-11(4)15-12/h7-10,13-14H,5-6H2,1-4H3. The molecule has 2 heteroatoms. The summed E-state index contributed by atoms with van der Waals surface area (Å²) in [5.74, 6) is 0.624. The lowest BCUT2D eigenvalue weighted by Gasteiger charge is -2.23. The molecule has 0 spiro atoms. The highest BCUT2D eigenvalue weighted by atomic mass is 14.9. The third-order valence-electron chi connectivity index (χ3n) is 2.87. The van der Waals surface area contributed by atoms with Crippen LogP contribution in [0.4, 0.5) is 0 Å². The Kier molecular flexibility index (Phi) is 4.76. The fourth-order valence-electron chi connectivity index (χ4n) is 1.79. The van der Waals surface area contributed by atoms with Gasteiger partial charge in [-0.2, -0.15) is 0 Å². The Morgan fingerprint density at radius 3 is 2.60 bits per heavy atom. The van der Waals surface area contributed by atoms with Crippen molar-refractivity contribution < 1.29 is 0 Å². The maximum absolute atomic E-state index is 4.60. The van der Waals surface area contributed by atoms with Gasteiger partial charge in [0.15, 0.2) is 0 Å². The van der Waals surface area contributed by atoms with Crippen LogP contribution in [0.1, 0.15) is 44.6 Å². The molecule has 0 aliphatic carbocycles. The van der Waals surface area contributed by atoms with Crippen LogP contribution in [0.5, 0.6) is 0 Å². The van der Waals surface area contributed by atoms with Crippen molar-refractivity contribution in [2.45, 2.75) is 40.2 Å². The monoisotopic (exact) mass is 206 g/mol. The highest BCUT2D eigenvalue weighted by Gasteiger charge is 2.17. The summed E-state index contributed by atoms with van der Waals surface area (Å²) in [7, 11) is 0. The quantitative estimate of drug-likeness (QED) is 0.800. The van der Waals surface area contributed by atoms with Gasteiger partial charge in [-0.15, -0.1) is 0 Å². The zero-order chi connectivity index (χ0) is 11.3. The van der Waals surface area contributed by atoms with Crippen molar-refractivity contribution in [2.75, 3.05) is 6.54 Å². The largest absolute Gasteiger partial charge is 0.309 e. The van der Waals surface area contributed by atoms with E-state index in [4.69, 9.17) is 0 Å². The number of aromatic nitrogens is 1. The lowest BCUT2D eigenvalue weighted by Crippen LogP contribution is -2.27. The zero-order valence-electron chi connectivity index (χ0n) is 10.2. The fourth-order valence-corrected chi connectivity index (χ4v) is 1.79. The van der Waals surface area contributed by atoms with Crippen molar-refractivity contribution in [3.63, 3.8) is 0 Å². The Morgan fingerprint density at radius 2 is 2.07 bits per heavy atom.